The van der Waals surface area contributed by atoms with Crippen LogP contribution in [0.3, 0.4) is 0 Å². The first-order valence-electron chi connectivity index (χ1n) is 6.75. The molecule has 1 saturated carbocycles. The summed E-state index contributed by atoms with van der Waals surface area (Å²) in [6.45, 7) is 1.43. The van der Waals surface area contributed by atoms with Gasteiger partial charge < -0.3 is 5.11 Å². The fraction of sp³-hybridized carbons (Fsp3) is 0.538. The predicted octanol–water partition coefficient (Wildman–Crippen LogP) is 1.49. The summed E-state index contributed by atoms with van der Waals surface area (Å²) in [6, 6.07) is 3.77. The maximum Gasteiger partial charge on any atom is 0.273 e. The number of aliphatic hydroxyl groups excluding tert-OH is 1. The van der Waals surface area contributed by atoms with Gasteiger partial charge in [0.2, 0.25) is 10.0 Å². The third-order valence-corrected chi connectivity index (χ3v) is 5.43. The van der Waals surface area contributed by atoms with E-state index in [2.05, 4.69) is 4.72 Å². The first-order chi connectivity index (χ1) is 9.81. The molecule has 8 heteroatoms. The highest BCUT2D eigenvalue weighted by molar-refractivity contribution is 7.89. The zero-order chi connectivity index (χ0) is 15.6. The Morgan fingerprint density at radius 3 is 2.48 bits per heavy atom. The summed E-state index contributed by atoms with van der Waals surface area (Å²) in [4.78, 5) is 10.2. The summed E-state index contributed by atoms with van der Waals surface area (Å²) in [6.07, 6.45) is 1.87. The van der Waals surface area contributed by atoms with Crippen LogP contribution in [0.4, 0.5) is 5.69 Å². The number of aliphatic hydroxyl groups is 1. The van der Waals surface area contributed by atoms with Crippen LogP contribution >= 0.6 is 0 Å². The molecule has 0 aliphatic heterocycles. The van der Waals surface area contributed by atoms with Crippen molar-refractivity contribution in [3.63, 3.8) is 0 Å². The minimum absolute atomic E-state index is 0.0668. The average Bonchev–Trinajstić information content (AvgIpc) is 2.41. The van der Waals surface area contributed by atoms with Gasteiger partial charge >= 0.3 is 0 Å². The van der Waals surface area contributed by atoms with Crippen LogP contribution in [0.2, 0.25) is 0 Å². The lowest BCUT2D eigenvalue weighted by Crippen LogP contribution is -2.38. The lowest BCUT2D eigenvalue weighted by molar-refractivity contribution is -0.385. The lowest BCUT2D eigenvalue weighted by Gasteiger charge is -2.26. The Labute approximate surface area is 123 Å². The molecule has 1 aromatic carbocycles. The van der Waals surface area contributed by atoms with Crippen molar-refractivity contribution in [3.8, 4) is 0 Å². The minimum Gasteiger partial charge on any atom is -0.393 e. The molecule has 1 aliphatic rings. The molecular weight excluding hydrogens is 296 g/mol. The van der Waals surface area contributed by atoms with Gasteiger partial charge in [0.05, 0.1) is 15.9 Å². The van der Waals surface area contributed by atoms with E-state index in [4.69, 9.17) is 0 Å². The van der Waals surface area contributed by atoms with Gasteiger partial charge in [-0.15, -0.1) is 0 Å². The molecule has 1 aliphatic carbocycles. The van der Waals surface area contributed by atoms with Crippen LogP contribution in [-0.2, 0) is 10.0 Å². The first kappa shape index (κ1) is 15.9. The van der Waals surface area contributed by atoms with Gasteiger partial charge in [-0.05, 0) is 38.7 Å². The molecule has 0 bridgehead atoms. The second kappa shape index (κ2) is 6.08. The highest BCUT2D eigenvalue weighted by Crippen LogP contribution is 2.26. The van der Waals surface area contributed by atoms with Gasteiger partial charge in [0.15, 0.2) is 0 Å². The van der Waals surface area contributed by atoms with Gasteiger partial charge in [-0.25, -0.2) is 13.1 Å². The molecule has 0 unspecified atom stereocenters. The van der Waals surface area contributed by atoms with E-state index in [-0.39, 0.29) is 28.3 Å². The van der Waals surface area contributed by atoms with Crippen LogP contribution in [-0.4, -0.2) is 30.6 Å². The van der Waals surface area contributed by atoms with Crippen molar-refractivity contribution in [2.75, 3.05) is 0 Å². The van der Waals surface area contributed by atoms with Crippen molar-refractivity contribution in [1.82, 2.24) is 4.72 Å². The van der Waals surface area contributed by atoms with E-state index in [0.717, 1.165) is 0 Å². The summed E-state index contributed by atoms with van der Waals surface area (Å²) < 4.78 is 27.3. The quantitative estimate of drug-likeness (QED) is 0.646. The maximum absolute atomic E-state index is 12.4. The summed E-state index contributed by atoms with van der Waals surface area (Å²) in [7, 11) is -3.80. The summed E-state index contributed by atoms with van der Waals surface area (Å²) in [5.41, 5.74) is -0.0808. The van der Waals surface area contributed by atoms with Crippen molar-refractivity contribution in [3.05, 3.63) is 33.9 Å². The number of nitro benzene ring substituents is 1. The smallest absolute Gasteiger partial charge is 0.273 e. The Morgan fingerprint density at radius 1 is 1.29 bits per heavy atom. The topological polar surface area (TPSA) is 110 Å². The molecule has 0 amide bonds. The second-order valence-corrected chi connectivity index (χ2v) is 6.97. The van der Waals surface area contributed by atoms with E-state index < -0.39 is 14.9 Å². The van der Waals surface area contributed by atoms with Crippen LogP contribution in [0.15, 0.2) is 23.1 Å². The molecule has 0 radical (unpaired) electrons. The van der Waals surface area contributed by atoms with Gasteiger partial charge in [-0.2, -0.15) is 0 Å². The SMILES string of the molecule is Cc1c([N+](=O)[O-])cccc1S(=O)(=O)NC1CCC(O)CC1. The third-order valence-electron chi connectivity index (χ3n) is 3.76. The highest BCUT2D eigenvalue weighted by Gasteiger charge is 2.27. The normalized spacial score (nSPS) is 23.0. The van der Waals surface area contributed by atoms with E-state index in [1.165, 1.54) is 25.1 Å². The van der Waals surface area contributed by atoms with Crippen molar-refractivity contribution in [2.24, 2.45) is 0 Å². The monoisotopic (exact) mass is 314 g/mol. The van der Waals surface area contributed by atoms with Gasteiger partial charge in [-0.1, -0.05) is 6.07 Å². The van der Waals surface area contributed by atoms with E-state index >= 15 is 0 Å². The molecule has 21 heavy (non-hydrogen) atoms. The predicted molar refractivity (Wildman–Crippen MR) is 76.4 cm³/mol. The summed E-state index contributed by atoms with van der Waals surface area (Å²) in [5, 5.41) is 20.3. The van der Waals surface area contributed by atoms with Crippen LogP contribution in [0.5, 0.6) is 0 Å². The molecule has 0 heterocycles. The molecule has 1 fully saturated rings. The van der Waals surface area contributed by atoms with Gasteiger partial charge in [0.25, 0.3) is 5.69 Å². The van der Waals surface area contributed by atoms with Crippen LogP contribution in [0, 0.1) is 17.0 Å². The minimum atomic E-state index is -3.80. The number of hydrogen-bond donors (Lipinski definition) is 2. The Kier molecular flexibility index (Phi) is 4.60. The Bertz CT molecular complexity index is 636. The fourth-order valence-corrected chi connectivity index (χ4v) is 4.14. The average molecular weight is 314 g/mol. The van der Waals surface area contributed by atoms with E-state index in [1.807, 2.05) is 0 Å². The number of rotatable bonds is 4. The largest absolute Gasteiger partial charge is 0.393 e. The Balaban J connectivity index is 2.24. The van der Waals surface area contributed by atoms with Crippen LogP contribution in [0.25, 0.3) is 0 Å². The summed E-state index contributed by atoms with van der Waals surface area (Å²) >= 11 is 0. The number of hydrogen-bond acceptors (Lipinski definition) is 5. The van der Waals surface area contributed by atoms with Gasteiger partial charge in [0.1, 0.15) is 0 Å². The summed E-state index contributed by atoms with van der Waals surface area (Å²) in [5.74, 6) is 0. The lowest BCUT2D eigenvalue weighted by atomic mass is 9.94. The maximum atomic E-state index is 12.4. The number of nitrogens with one attached hydrogen (secondary N) is 1. The standard InChI is InChI=1S/C13H18N2O5S/c1-9-12(15(17)18)3-2-4-13(9)21(19,20)14-10-5-7-11(16)8-6-10/h2-4,10-11,14,16H,5-8H2,1H3. The number of sulfonamides is 1. The zero-order valence-electron chi connectivity index (χ0n) is 11.7. The molecule has 1 aromatic rings. The van der Waals surface area contributed by atoms with Crippen molar-refractivity contribution < 1.29 is 18.4 Å². The number of nitrogens with zero attached hydrogens (tertiary/aromatic N) is 1. The molecule has 2 rings (SSSR count). The molecule has 0 atom stereocenters. The molecule has 7 nitrogen and oxygen atoms in total. The van der Waals surface area contributed by atoms with Crippen molar-refractivity contribution >= 4 is 15.7 Å². The molecule has 0 spiro atoms. The number of nitro groups is 1. The molecule has 0 aromatic heterocycles. The van der Waals surface area contributed by atoms with Gasteiger partial charge in [-0.3, -0.25) is 10.1 Å². The molecule has 0 saturated heterocycles. The van der Waals surface area contributed by atoms with E-state index in [1.54, 1.807) is 0 Å². The van der Waals surface area contributed by atoms with E-state index in [9.17, 15) is 23.6 Å². The molecule has 116 valence electrons. The number of benzene rings is 1. The van der Waals surface area contributed by atoms with Crippen molar-refractivity contribution in [2.45, 2.75) is 49.6 Å². The molecular formula is C13H18N2O5S. The zero-order valence-corrected chi connectivity index (χ0v) is 12.5. The van der Waals surface area contributed by atoms with Gasteiger partial charge in [0, 0.05) is 17.7 Å². The molecule has 2 N–H and O–H groups in total. The van der Waals surface area contributed by atoms with Crippen LogP contribution in [0.1, 0.15) is 31.2 Å². The highest BCUT2D eigenvalue weighted by atomic mass is 32.2. The fourth-order valence-electron chi connectivity index (χ4n) is 2.57. The van der Waals surface area contributed by atoms with Crippen LogP contribution < -0.4 is 4.72 Å². The van der Waals surface area contributed by atoms with E-state index in [0.29, 0.717) is 25.7 Å². The Morgan fingerprint density at radius 2 is 1.90 bits per heavy atom. The third kappa shape index (κ3) is 3.58. The second-order valence-electron chi connectivity index (χ2n) is 5.28. The Hall–Kier alpha value is -1.51. The van der Waals surface area contributed by atoms with Crippen molar-refractivity contribution in [1.29, 1.82) is 0 Å². The first-order valence-corrected chi connectivity index (χ1v) is 8.24.